The molecule has 0 aliphatic heterocycles. The van der Waals surface area contributed by atoms with Gasteiger partial charge in [-0.15, -0.1) is 0 Å². The fourth-order valence-electron chi connectivity index (χ4n) is 2.97. The van der Waals surface area contributed by atoms with Crippen molar-refractivity contribution in [3.8, 4) is 11.5 Å². The lowest BCUT2D eigenvalue weighted by atomic mass is 10.1. The van der Waals surface area contributed by atoms with Gasteiger partial charge in [-0.25, -0.2) is 0 Å². The van der Waals surface area contributed by atoms with Crippen LogP contribution in [0, 0.1) is 0 Å². The maximum absolute atomic E-state index is 5.38. The summed E-state index contributed by atoms with van der Waals surface area (Å²) in [5.41, 5.74) is 2.41. The number of guanidine groups is 1. The standard InChI is InChI=1S/C22H32N4O2/c1-23-22(24-14-16-25(2)19-9-7-6-8-10-19)26(3)15-13-18-11-12-20(27-4)21(17-18)28-5/h6-12,17H,13-16H2,1-5H3,(H,23,24). The van der Waals surface area contributed by atoms with Crippen LogP contribution in [0.15, 0.2) is 53.5 Å². The Labute approximate surface area is 168 Å². The molecule has 2 aromatic rings. The molecule has 0 atom stereocenters. The molecule has 6 heteroatoms. The van der Waals surface area contributed by atoms with Crippen LogP contribution < -0.4 is 19.7 Å². The molecule has 1 N–H and O–H groups in total. The molecule has 0 saturated carbocycles. The number of hydrogen-bond acceptors (Lipinski definition) is 4. The summed E-state index contributed by atoms with van der Waals surface area (Å²) >= 11 is 0. The molecule has 0 fully saturated rings. The summed E-state index contributed by atoms with van der Waals surface area (Å²) in [6.07, 6.45) is 0.890. The fourth-order valence-corrected chi connectivity index (χ4v) is 2.97. The van der Waals surface area contributed by atoms with E-state index in [9.17, 15) is 0 Å². The zero-order valence-corrected chi connectivity index (χ0v) is 17.6. The third-order valence-corrected chi connectivity index (χ3v) is 4.68. The van der Waals surface area contributed by atoms with Crippen molar-refractivity contribution in [3.63, 3.8) is 0 Å². The molecule has 0 bridgehead atoms. The number of methoxy groups -OCH3 is 2. The van der Waals surface area contributed by atoms with Crippen molar-refractivity contribution in [2.45, 2.75) is 6.42 Å². The van der Waals surface area contributed by atoms with Gasteiger partial charge in [-0.3, -0.25) is 4.99 Å². The summed E-state index contributed by atoms with van der Waals surface area (Å²) in [6.45, 7) is 2.56. The highest BCUT2D eigenvalue weighted by Gasteiger charge is 2.09. The Kier molecular flexibility index (Phi) is 8.46. The summed E-state index contributed by atoms with van der Waals surface area (Å²) in [5.74, 6) is 2.40. The predicted octanol–water partition coefficient (Wildman–Crippen LogP) is 2.89. The second-order valence-electron chi connectivity index (χ2n) is 6.59. The van der Waals surface area contributed by atoms with E-state index in [0.29, 0.717) is 0 Å². The highest BCUT2D eigenvalue weighted by atomic mass is 16.5. The van der Waals surface area contributed by atoms with Gasteiger partial charge in [0.05, 0.1) is 14.2 Å². The second kappa shape index (κ2) is 11.1. The zero-order valence-electron chi connectivity index (χ0n) is 17.6. The van der Waals surface area contributed by atoms with Gasteiger partial charge in [0.25, 0.3) is 0 Å². The van der Waals surface area contributed by atoms with E-state index < -0.39 is 0 Å². The highest BCUT2D eigenvalue weighted by molar-refractivity contribution is 5.79. The molecule has 0 aliphatic carbocycles. The van der Waals surface area contributed by atoms with Gasteiger partial charge in [-0.05, 0) is 36.2 Å². The Morgan fingerprint density at radius 3 is 2.32 bits per heavy atom. The van der Waals surface area contributed by atoms with Gasteiger partial charge >= 0.3 is 0 Å². The van der Waals surface area contributed by atoms with Gasteiger partial charge in [0, 0.05) is 46.5 Å². The third kappa shape index (κ3) is 6.08. The number of hydrogen-bond donors (Lipinski definition) is 1. The average molecular weight is 385 g/mol. The van der Waals surface area contributed by atoms with Crippen molar-refractivity contribution in [1.29, 1.82) is 0 Å². The molecule has 28 heavy (non-hydrogen) atoms. The van der Waals surface area contributed by atoms with Crippen molar-refractivity contribution >= 4 is 11.6 Å². The predicted molar refractivity (Wildman–Crippen MR) is 117 cm³/mol. The maximum atomic E-state index is 5.38. The number of nitrogens with zero attached hydrogens (tertiary/aromatic N) is 3. The number of anilines is 1. The Morgan fingerprint density at radius 1 is 0.964 bits per heavy atom. The van der Waals surface area contributed by atoms with Crippen LogP contribution in [0.2, 0.25) is 0 Å². The van der Waals surface area contributed by atoms with Gasteiger partial charge in [0.2, 0.25) is 0 Å². The lowest BCUT2D eigenvalue weighted by Gasteiger charge is -2.24. The normalized spacial score (nSPS) is 11.1. The molecule has 0 saturated heterocycles. The summed E-state index contributed by atoms with van der Waals surface area (Å²) in [5, 5.41) is 3.44. The minimum Gasteiger partial charge on any atom is -0.493 e. The van der Waals surface area contributed by atoms with Crippen LogP contribution in [0.1, 0.15) is 5.56 Å². The van der Waals surface area contributed by atoms with E-state index in [0.717, 1.165) is 43.5 Å². The quantitative estimate of drug-likeness (QED) is 0.532. The Bertz CT molecular complexity index is 749. The molecular formula is C22H32N4O2. The van der Waals surface area contributed by atoms with Crippen LogP contribution in [0.4, 0.5) is 5.69 Å². The lowest BCUT2D eigenvalue weighted by molar-refractivity contribution is 0.354. The molecule has 6 nitrogen and oxygen atoms in total. The smallest absolute Gasteiger partial charge is 0.193 e. The molecule has 2 rings (SSSR count). The summed E-state index contributed by atoms with van der Waals surface area (Å²) < 4.78 is 10.7. The molecule has 152 valence electrons. The largest absolute Gasteiger partial charge is 0.493 e. The van der Waals surface area contributed by atoms with E-state index >= 15 is 0 Å². The number of nitrogens with one attached hydrogen (secondary N) is 1. The Balaban J connectivity index is 1.82. The fraction of sp³-hybridized carbons (Fsp3) is 0.409. The van der Waals surface area contributed by atoms with Crippen molar-refractivity contribution in [2.24, 2.45) is 4.99 Å². The average Bonchev–Trinajstić information content (AvgIpc) is 2.75. The molecule has 0 aromatic heterocycles. The summed E-state index contributed by atoms with van der Waals surface area (Å²) in [6, 6.07) is 16.4. The highest BCUT2D eigenvalue weighted by Crippen LogP contribution is 2.27. The van der Waals surface area contributed by atoms with Crippen molar-refractivity contribution in [1.82, 2.24) is 10.2 Å². The van der Waals surface area contributed by atoms with Crippen molar-refractivity contribution < 1.29 is 9.47 Å². The van der Waals surface area contributed by atoms with E-state index in [2.05, 4.69) is 64.5 Å². The van der Waals surface area contributed by atoms with E-state index in [1.807, 2.05) is 25.2 Å². The monoisotopic (exact) mass is 384 g/mol. The van der Waals surface area contributed by atoms with E-state index in [-0.39, 0.29) is 0 Å². The number of aliphatic imine (C=N–C) groups is 1. The third-order valence-electron chi connectivity index (χ3n) is 4.68. The first-order valence-corrected chi connectivity index (χ1v) is 9.48. The van der Waals surface area contributed by atoms with Gasteiger partial charge in [-0.1, -0.05) is 24.3 Å². The van der Waals surface area contributed by atoms with Crippen LogP contribution in [-0.2, 0) is 6.42 Å². The minimum absolute atomic E-state index is 0.750. The number of ether oxygens (including phenoxy) is 2. The zero-order chi connectivity index (χ0) is 20.4. The van der Waals surface area contributed by atoms with Gasteiger partial charge in [0.15, 0.2) is 17.5 Å². The lowest BCUT2D eigenvalue weighted by Crippen LogP contribution is -2.42. The molecule has 0 unspecified atom stereocenters. The van der Waals surface area contributed by atoms with Gasteiger partial charge in [-0.2, -0.15) is 0 Å². The van der Waals surface area contributed by atoms with Crippen molar-refractivity contribution in [2.75, 3.05) is 59.9 Å². The number of likely N-dealkylation sites (N-methyl/N-ethyl adjacent to an activating group) is 2. The topological polar surface area (TPSA) is 49.3 Å². The maximum Gasteiger partial charge on any atom is 0.193 e. The van der Waals surface area contributed by atoms with Gasteiger partial charge in [0.1, 0.15) is 0 Å². The summed E-state index contributed by atoms with van der Waals surface area (Å²) in [7, 11) is 9.27. The first-order valence-electron chi connectivity index (χ1n) is 9.48. The molecule has 0 amide bonds. The minimum atomic E-state index is 0.750. The van der Waals surface area contributed by atoms with Crippen LogP contribution in [0.25, 0.3) is 0 Å². The number of benzene rings is 2. The molecule has 2 aromatic carbocycles. The Morgan fingerprint density at radius 2 is 1.68 bits per heavy atom. The van der Waals surface area contributed by atoms with Crippen LogP contribution in [0.5, 0.6) is 11.5 Å². The van der Waals surface area contributed by atoms with Gasteiger partial charge < -0.3 is 24.6 Å². The second-order valence-corrected chi connectivity index (χ2v) is 6.59. The Hall–Kier alpha value is -2.89. The molecule has 0 heterocycles. The number of para-hydroxylation sites is 1. The molecule has 0 spiro atoms. The van der Waals surface area contributed by atoms with Crippen LogP contribution >= 0.6 is 0 Å². The van der Waals surface area contributed by atoms with Crippen LogP contribution in [0.3, 0.4) is 0 Å². The van der Waals surface area contributed by atoms with E-state index in [1.165, 1.54) is 11.3 Å². The SMILES string of the molecule is CN=C(NCCN(C)c1ccccc1)N(C)CCc1ccc(OC)c(OC)c1. The number of rotatable bonds is 9. The molecular weight excluding hydrogens is 352 g/mol. The van der Waals surface area contributed by atoms with Crippen LogP contribution in [-0.4, -0.2) is 65.9 Å². The van der Waals surface area contributed by atoms with E-state index in [4.69, 9.17) is 9.47 Å². The van der Waals surface area contributed by atoms with Crippen molar-refractivity contribution in [3.05, 3.63) is 54.1 Å². The first kappa shape index (κ1) is 21.4. The summed E-state index contributed by atoms with van der Waals surface area (Å²) in [4.78, 5) is 8.76. The molecule has 0 radical (unpaired) electrons. The molecule has 0 aliphatic rings. The first-order chi connectivity index (χ1) is 13.6. The van der Waals surface area contributed by atoms with E-state index in [1.54, 1.807) is 14.2 Å².